The molecule has 1 atom stereocenters. The second kappa shape index (κ2) is 8.46. The summed E-state index contributed by atoms with van der Waals surface area (Å²) in [5.41, 5.74) is 0.973. The molecule has 160 valence electrons. The minimum absolute atomic E-state index is 0.0644. The van der Waals surface area contributed by atoms with Crippen molar-refractivity contribution in [3.63, 3.8) is 0 Å². The van der Waals surface area contributed by atoms with Crippen LogP contribution >= 0.6 is 0 Å². The van der Waals surface area contributed by atoms with Crippen LogP contribution in [0.5, 0.6) is 0 Å². The molecular formula is C22H33N3O4. The highest BCUT2D eigenvalue weighted by Gasteiger charge is 2.42. The van der Waals surface area contributed by atoms with Crippen molar-refractivity contribution in [3.05, 3.63) is 17.5 Å². The van der Waals surface area contributed by atoms with E-state index >= 15 is 0 Å². The molecule has 3 saturated heterocycles. The molecule has 4 rings (SSSR count). The molecule has 1 aromatic heterocycles. The Bertz CT molecular complexity index is 730. The first kappa shape index (κ1) is 20.4. The van der Waals surface area contributed by atoms with Crippen molar-refractivity contribution in [2.24, 2.45) is 11.3 Å². The fourth-order valence-corrected chi connectivity index (χ4v) is 4.98. The molecule has 3 aliphatic heterocycles. The third-order valence-corrected chi connectivity index (χ3v) is 6.69. The van der Waals surface area contributed by atoms with Gasteiger partial charge in [0.25, 0.3) is 5.91 Å². The molecule has 7 heteroatoms. The van der Waals surface area contributed by atoms with Gasteiger partial charge in [-0.15, -0.1) is 0 Å². The van der Waals surface area contributed by atoms with E-state index in [2.05, 4.69) is 19.0 Å². The van der Waals surface area contributed by atoms with Crippen LogP contribution in [0, 0.1) is 11.3 Å². The van der Waals surface area contributed by atoms with Crippen LogP contribution in [0.2, 0.25) is 0 Å². The Morgan fingerprint density at radius 3 is 2.79 bits per heavy atom. The highest BCUT2D eigenvalue weighted by atomic mass is 16.5. The molecule has 3 fully saturated rings. The number of carbonyl (C=O) groups is 2. The Morgan fingerprint density at radius 2 is 2.10 bits per heavy atom. The number of ether oxygens (including phenoxy) is 1. The summed E-state index contributed by atoms with van der Waals surface area (Å²) in [5.74, 6) is 1.01. The number of hydrogen-bond donors (Lipinski definition) is 0. The van der Waals surface area contributed by atoms with Crippen LogP contribution in [0.3, 0.4) is 0 Å². The predicted molar refractivity (Wildman–Crippen MR) is 107 cm³/mol. The lowest BCUT2D eigenvalue weighted by Gasteiger charge is -2.47. The highest BCUT2D eigenvalue weighted by Crippen LogP contribution is 2.40. The number of aromatic nitrogens is 1. The summed E-state index contributed by atoms with van der Waals surface area (Å²) in [4.78, 5) is 29.2. The molecule has 3 aliphatic rings. The van der Waals surface area contributed by atoms with Crippen LogP contribution < -0.4 is 0 Å². The summed E-state index contributed by atoms with van der Waals surface area (Å²) in [6.45, 7) is 8.00. The maximum atomic E-state index is 12.8. The number of carbonyl (C=O) groups excluding carboxylic acids is 2. The average Bonchev–Trinajstić information content (AvgIpc) is 3.37. The number of likely N-dealkylation sites (tertiary alicyclic amines) is 2. The first-order valence-electron chi connectivity index (χ1n) is 11.1. The van der Waals surface area contributed by atoms with Crippen molar-refractivity contribution in [2.75, 3.05) is 32.8 Å². The topological polar surface area (TPSA) is 75.9 Å². The normalized spacial score (nSPS) is 24.7. The largest absolute Gasteiger partial charge is 0.376 e. The zero-order valence-corrected chi connectivity index (χ0v) is 17.7. The van der Waals surface area contributed by atoms with E-state index in [1.54, 1.807) is 6.07 Å². The monoisotopic (exact) mass is 403 g/mol. The van der Waals surface area contributed by atoms with Gasteiger partial charge in [0, 0.05) is 45.3 Å². The molecule has 4 heterocycles. The van der Waals surface area contributed by atoms with Gasteiger partial charge in [0.15, 0.2) is 0 Å². The zero-order chi connectivity index (χ0) is 20.4. The standard InChI is InChI=1S/C22H33N3O4/c1-16(2)12-17-13-19(29-23-17)21(27)24-9-7-22(8-10-24)6-5-20(26)25(15-22)14-18-4-3-11-28-18/h13,16,18H,3-12,14-15H2,1-2H3. The molecule has 1 unspecified atom stereocenters. The number of amides is 2. The molecule has 0 N–H and O–H groups in total. The van der Waals surface area contributed by atoms with Gasteiger partial charge in [0.2, 0.25) is 11.7 Å². The van der Waals surface area contributed by atoms with Crippen molar-refractivity contribution in [1.82, 2.24) is 15.0 Å². The van der Waals surface area contributed by atoms with Crippen LogP contribution in [0.25, 0.3) is 0 Å². The molecule has 1 aromatic rings. The maximum Gasteiger partial charge on any atom is 0.292 e. The van der Waals surface area contributed by atoms with E-state index in [1.165, 1.54) is 0 Å². The Labute approximate surface area is 172 Å². The molecule has 1 spiro atoms. The lowest BCUT2D eigenvalue weighted by molar-refractivity contribution is -0.141. The smallest absolute Gasteiger partial charge is 0.292 e. The lowest BCUT2D eigenvalue weighted by Crippen LogP contribution is -2.53. The van der Waals surface area contributed by atoms with E-state index in [0.717, 1.165) is 63.9 Å². The summed E-state index contributed by atoms with van der Waals surface area (Å²) in [5, 5.41) is 4.04. The van der Waals surface area contributed by atoms with Gasteiger partial charge >= 0.3 is 0 Å². The van der Waals surface area contributed by atoms with Crippen molar-refractivity contribution >= 4 is 11.8 Å². The van der Waals surface area contributed by atoms with E-state index in [9.17, 15) is 9.59 Å². The Morgan fingerprint density at radius 1 is 1.31 bits per heavy atom. The number of piperidine rings is 2. The summed E-state index contributed by atoms with van der Waals surface area (Å²) in [6, 6.07) is 1.79. The van der Waals surface area contributed by atoms with Gasteiger partial charge in [0.1, 0.15) is 0 Å². The molecule has 0 saturated carbocycles. The summed E-state index contributed by atoms with van der Waals surface area (Å²) < 4.78 is 11.1. The maximum absolute atomic E-state index is 12.8. The van der Waals surface area contributed by atoms with E-state index in [1.807, 2.05) is 9.80 Å². The molecular weight excluding hydrogens is 370 g/mol. The second-order valence-electron chi connectivity index (χ2n) is 9.48. The van der Waals surface area contributed by atoms with Gasteiger partial charge in [-0.05, 0) is 49.9 Å². The van der Waals surface area contributed by atoms with E-state index in [4.69, 9.17) is 9.26 Å². The third kappa shape index (κ3) is 4.65. The van der Waals surface area contributed by atoms with Crippen LogP contribution in [0.4, 0.5) is 0 Å². The van der Waals surface area contributed by atoms with Gasteiger partial charge in [0.05, 0.1) is 11.8 Å². The van der Waals surface area contributed by atoms with Crippen molar-refractivity contribution in [2.45, 2.75) is 64.9 Å². The van der Waals surface area contributed by atoms with E-state index in [-0.39, 0.29) is 23.3 Å². The third-order valence-electron chi connectivity index (χ3n) is 6.69. The lowest BCUT2D eigenvalue weighted by atomic mass is 9.72. The van der Waals surface area contributed by atoms with Gasteiger partial charge < -0.3 is 19.1 Å². The van der Waals surface area contributed by atoms with Gasteiger partial charge in [-0.1, -0.05) is 19.0 Å². The second-order valence-corrected chi connectivity index (χ2v) is 9.48. The quantitative estimate of drug-likeness (QED) is 0.756. The summed E-state index contributed by atoms with van der Waals surface area (Å²) >= 11 is 0. The fraction of sp³-hybridized carbons (Fsp3) is 0.773. The number of rotatable bonds is 5. The van der Waals surface area contributed by atoms with E-state index < -0.39 is 0 Å². The van der Waals surface area contributed by atoms with Gasteiger partial charge in [-0.3, -0.25) is 9.59 Å². The Balaban J connectivity index is 1.33. The first-order valence-corrected chi connectivity index (χ1v) is 11.1. The average molecular weight is 404 g/mol. The summed E-state index contributed by atoms with van der Waals surface area (Å²) in [7, 11) is 0. The van der Waals surface area contributed by atoms with Crippen LogP contribution in [0.15, 0.2) is 10.6 Å². The van der Waals surface area contributed by atoms with Crippen molar-refractivity contribution < 1.29 is 18.8 Å². The Kier molecular flexibility index (Phi) is 5.95. The minimum atomic E-state index is -0.0644. The van der Waals surface area contributed by atoms with E-state index in [0.29, 0.717) is 31.2 Å². The van der Waals surface area contributed by atoms with Gasteiger partial charge in [-0.25, -0.2) is 0 Å². The fourth-order valence-electron chi connectivity index (χ4n) is 4.98. The molecule has 0 aliphatic carbocycles. The molecule has 0 radical (unpaired) electrons. The number of nitrogens with zero attached hydrogens (tertiary/aromatic N) is 3. The Hall–Kier alpha value is -1.89. The summed E-state index contributed by atoms with van der Waals surface area (Å²) in [6.07, 6.45) is 6.56. The molecule has 7 nitrogen and oxygen atoms in total. The molecule has 0 bridgehead atoms. The SMILES string of the molecule is CC(C)Cc1cc(C(=O)N2CCC3(CCC(=O)N(CC4CCCO4)C3)CC2)on1. The van der Waals surface area contributed by atoms with Crippen molar-refractivity contribution in [3.8, 4) is 0 Å². The molecule has 2 amide bonds. The van der Waals surface area contributed by atoms with Crippen LogP contribution in [-0.4, -0.2) is 65.7 Å². The zero-order valence-electron chi connectivity index (χ0n) is 17.7. The molecule has 29 heavy (non-hydrogen) atoms. The molecule has 0 aromatic carbocycles. The van der Waals surface area contributed by atoms with Crippen LogP contribution in [0.1, 0.15) is 68.6 Å². The van der Waals surface area contributed by atoms with Crippen LogP contribution in [-0.2, 0) is 16.0 Å². The predicted octanol–water partition coefficient (Wildman–Crippen LogP) is 2.90. The number of hydrogen-bond acceptors (Lipinski definition) is 5. The minimum Gasteiger partial charge on any atom is -0.376 e. The highest BCUT2D eigenvalue weighted by molar-refractivity contribution is 5.91. The van der Waals surface area contributed by atoms with Gasteiger partial charge in [-0.2, -0.15) is 0 Å². The van der Waals surface area contributed by atoms with Crippen molar-refractivity contribution in [1.29, 1.82) is 0 Å². The first-order chi connectivity index (χ1) is 13.9.